The smallest absolute Gasteiger partial charge is 0.212 e. The molecule has 0 aliphatic carbocycles. The Morgan fingerprint density at radius 3 is 2.75 bits per heavy atom. The Hall–Kier alpha value is -2.15. The second-order valence-electron chi connectivity index (χ2n) is 5.58. The molecule has 0 bridgehead atoms. The highest BCUT2D eigenvalue weighted by Crippen LogP contribution is 2.17. The Labute approximate surface area is 147 Å². The maximum absolute atomic E-state index is 5.06. The SMILES string of the molecule is CCNC(=NCc1ccc(OC)nc1)NCc1nc(C(C)C)cs1. The third-order valence-electron chi connectivity index (χ3n) is 3.34. The lowest BCUT2D eigenvalue weighted by Gasteiger charge is -2.10. The second kappa shape index (κ2) is 9.22. The lowest BCUT2D eigenvalue weighted by molar-refractivity contribution is 0.397. The molecule has 0 aliphatic rings. The molecular weight excluding hydrogens is 322 g/mol. The highest BCUT2D eigenvalue weighted by Gasteiger charge is 2.06. The topological polar surface area (TPSA) is 71.4 Å². The van der Waals surface area contributed by atoms with E-state index >= 15 is 0 Å². The van der Waals surface area contributed by atoms with Gasteiger partial charge in [-0.1, -0.05) is 19.9 Å². The zero-order chi connectivity index (χ0) is 17.4. The predicted octanol–water partition coefficient (Wildman–Crippen LogP) is 2.93. The van der Waals surface area contributed by atoms with E-state index in [2.05, 4.69) is 44.8 Å². The van der Waals surface area contributed by atoms with Gasteiger partial charge in [0.25, 0.3) is 0 Å². The van der Waals surface area contributed by atoms with E-state index < -0.39 is 0 Å². The number of nitrogens with zero attached hydrogens (tertiary/aromatic N) is 3. The van der Waals surface area contributed by atoms with Crippen molar-refractivity contribution in [3.63, 3.8) is 0 Å². The van der Waals surface area contributed by atoms with Crippen molar-refractivity contribution in [3.8, 4) is 5.88 Å². The first-order valence-corrected chi connectivity index (χ1v) is 8.95. The summed E-state index contributed by atoms with van der Waals surface area (Å²) in [4.78, 5) is 13.4. The van der Waals surface area contributed by atoms with Gasteiger partial charge in [0.2, 0.25) is 5.88 Å². The van der Waals surface area contributed by atoms with Gasteiger partial charge in [-0.05, 0) is 18.4 Å². The van der Waals surface area contributed by atoms with Gasteiger partial charge in [0.1, 0.15) is 5.01 Å². The minimum atomic E-state index is 0.458. The zero-order valence-corrected chi connectivity index (χ0v) is 15.5. The van der Waals surface area contributed by atoms with E-state index in [9.17, 15) is 0 Å². The molecule has 0 aromatic carbocycles. The van der Waals surface area contributed by atoms with Crippen LogP contribution in [0.1, 0.15) is 43.0 Å². The first-order chi connectivity index (χ1) is 11.6. The summed E-state index contributed by atoms with van der Waals surface area (Å²) < 4.78 is 5.06. The normalized spacial score (nSPS) is 11.6. The number of methoxy groups -OCH3 is 1. The van der Waals surface area contributed by atoms with E-state index in [4.69, 9.17) is 4.74 Å². The van der Waals surface area contributed by atoms with Crippen LogP contribution in [-0.2, 0) is 13.1 Å². The van der Waals surface area contributed by atoms with Crippen LogP contribution in [0.5, 0.6) is 5.88 Å². The minimum Gasteiger partial charge on any atom is -0.481 e. The van der Waals surface area contributed by atoms with Crippen molar-refractivity contribution >= 4 is 17.3 Å². The molecule has 2 N–H and O–H groups in total. The molecule has 0 aliphatic heterocycles. The number of hydrogen-bond acceptors (Lipinski definition) is 5. The summed E-state index contributed by atoms with van der Waals surface area (Å²) in [5.41, 5.74) is 2.17. The quantitative estimate of drug-likeness (QED) is 0.595. The lowest BCUT2D eigenvalue weighted by Crippen LogP contribution is -2.36. The number of aromatic nitrogens is 2. The van der Waals surface area contributed by atoms with Crippen molar-refractivity contribution in [2.45, 2.75) is 39.8 Å². The second-order valence-corrected chi connectivity index (χ2v) is 6.52. The summed E-state index contributed by atoms with van der Waals surface area (Å²) in [6.07, 6.45) is 1.78. The fraction of sp³-hybridized carbons (Fsp3) is 0.471. The highest BCUT2D eigenvalue weighted by atomic mass is 32.1. The molecule has 2 rings (SSSR count). The molecule has 0 saturated heterocycles. The van der Waals surface area contributed by atoms with Gasteiger partial charge in [0.05, 0.1) is 25.9 Å². The monoisotopic (exact) mass is 347 g/mol. The summed E-state index contributed by atoms with van der Waals surface area (Å²) in [6, 6.07) is 3.81. The fourth-order valence-electron chi connectivity index (χ4n) is 1.97. The van der Waals surface area contributed by atoms with E-state index in [1.54, 1.807) is 24.6 Å². The van der Waals surface area contributed by atoms with Gasteiger partial charge in [0.15, 0.2) is 5.96 Å². The summed E-state index contributed by atoms with van der Waals surface area (Å²) in [7, 11) is 1.61. The maximum atomic E-state index is 5.06. The summed E-state index contributed by atoms with van der Waals surface area (Å²) in [5, 5.41) is 9.75. The fourth-order valence-corrected chi connectivity index (χ4v) is 2.86. The molecular formula is C17H25N5OS. The molecule has 0 unspecified atom stereocenters. The van der Waals surface area contributed by atoms with Gasteiger partial charge in [0, 0.05) is 24.2 Å². The molecule has 0 atom stereocenters. The first-order valence-electron chi connectivity index (χ1n) is 8.07. The van der Waals surface area contributed by atoms with Crippen LogP contribution >= 0.6 is 11.3 Å². The van der Waals surface area contributed by atoms with Gasteiger partial charge in [-0.2, -0.15) is 0 Å². The van der Waals surface area contributed by atoms with Crippen LogP contribution in [-0.4, -0.2) is 29.6 Å². The largest absolute Gasteiger partial charge is 0.481 e. The minimum absolute atomic E-state index is 0.458. The van der Waals surface area contributed by atoms with Gasteiger partial charge >= 0.3 is 0 Å². The molecule has 7 heteroatoms. The molecule has 2 heterocycles. The van der Waals surface area contributed by atoms with Crippen LogP contribution in [0, 0.1) is 0 Å². The van der Waals surface area contributed by atoms with E-state index in [0.29, 0.717) is 24.9 Å². The molecule has 24 heavy (non-hydrogen) atoms. The Bertz CT molecular complexity index is 651. The Kier molecular flexibility index (Phi) is 6.99. The molecule has 0 radical (unpaired) electrons. The van der Waals surface area contributed by atoms with Crippen molar-refractivity contribution in [2.75, 3.05) is 13.7 Å². The third-order valence-corrected chi connectivity index (χ3v) is 4.21. The van der Waals surface area contributed by atoms with E-state index in [1.165, 1.54) is 0 Å². The van der Waals surface area contributed by atoms with E-state index in [-0.39, 0.29) is 0 Å². The summed E-state index contributed by atoms with van der Waals surface area (Å²) in [5.74, 6) is 1.84. The van der Waals surface area contributed by atoms with Crippen molar-refractivity contribution in [3.05, 3.63) is 40.0 Å². The highest BCUT2D eigenvalue weighted by molar-refractivity contribution is 7.09. The molecule has 2 aromatic heterocycles. The van der Waals surface area contributed by atoms with E-state index in [0.717, 1.165) is 28.8 Å². The molecule has 130 valence electrons. The van der Waals surface area contributed by atoms with Gasteiger partial charge in [-0.3, -0.25) is 0 Å². The van der Waals surface area contributed by atoms with Gasteiger partial charge in [-0.15, -0.1) is 11.3 Å². The van der Waals surface area contributed by atoms with Crippen LogP contribution in [0.25, 0.3) is 0 Å². The number of thiazole rings is 1. The number of rotatable bonds is 7. The standard InChI is InChI=1S/C17H25N5OS/c1-5-18-17(20-9-13-6-7-15(23-4)19-8-13)21-10-16-22-14(11-24-16)12(2)3/h6-8,11-12H,5,9-10H2,1-4H3,(H2,18,20,21). The van der Waals surface area contributed by atoms with Gasteiger partial charge in [-0.25, -0.2) is 15.0 Å². The van der Waals surface area contributed by atoms with E-state index in [1.807, 2.05) is 19.1 Å². The molecule has 0 amide bonds. The van der Waals surface area contributed by atoms with Crippen LogP contribution in [0.2, 0.25) is 0 Å². The average molecular weight is 347 g/mol. The van der Waals surface area contributed by atoms with Crippen molar-refractivity contribution in [2.24, 2.45) is 4.99 Å². The zero-order valence-electron chi connectivity index (χ0n) is 14.7. The number of aliphatic imine (C=N–C) groups is 1. The Morgan fingerprint density at radius 2 is 2.17 bits per heavy atom. The van der Waals surface area contributed by atoms with Crippen molar-refractivity contribution in [1.29, 1.82) is 0 Å². The van der Waals surface area contributed by atoms with Crippen molar-refractivity contribution < 1.29 is 4.74 Å². The Morgan fingerprint density at radius 1 is 1.33 bits per heavy atom. The lowest BCUT2D eigenvalue weighted by atomic mass is 10.2. The first kappa shape index (κ1) is 18.2. The number of ether oxygens (including phenoxy) is 1. The number of nitrogens with one attached hydrogen (secondary N) is 2. The van der Waals surface area contributed by atoms with Gasteiger partial charge < -0.3 is 15.4 Å². The maximum Gasteiger partial charge on any atom is 0.212 e. The molecule has 0 spiro atoms. The number of hydrogen-bond donors (Lipinski definition) is 2. The molecule has 6 nitrogen and oxygen atoms in total. The third kappa shape index (κ3) is 5.49. The van der Waals surface area contributed by atoms with Crippen LogP contribution in [0.15, 0.2) is 28.7 Å². The van der Waals surface area contributed by atoms with Crippen LogP contribution in [0.4, 0.5) is 0 Å². The summed E-state index contributed by atoms with van der Waals surface area (Å²) >= 11 is 1.68. The van der Waals surface area contributed by atoms with Crippen molar-refractivity contribution in [1.82, 2.24) is 20.6 Å². The van der Waals surface area contributed by atoms with Crippen LogP contribution in [0.3, 0.4) is 0 Å². The Balaban J connectivity index is 1.93. The molecule has 0 fully saturated rings. The number of guanidine groups is 1. The number of pyridine rings is 1. The molecule has 0 saturated carbocycles. The summed E-state index contributed by atoms with van der Waals surface area (Å²) in [6.45, 7) is 8.39. The predicted molar refractivity (Wildman–Crippen MR) is 98.6 cm³/mol. The van der Waals surface area contributed by atoms with Crippen LogP contribution < -0.4 is 15.4 Å². The molecule has 2 aromatic rings. The average Bonchev–Trinajstić information content (AvgIpc) is 3.07.